The highest BCUT2D eigenvalue weighted by Crippen LogP contribution is 2.32. The summed E-state index contributed by atoms with van der Waals surface area (Å²) in [5.41, 5.74) is 3.42. The third-order valence-electron chi connectivity index (χ3n) is 4.03. The average Bonchev–Trinajstić information content (AvgIpc) is 3.09. The Labute approximate surface area is 143 Å². The van der Waals surface area contributed by atoms with Crippen LogP contribution in [0.4, 0.5) is 0 Å². The number of hydrogen-bond acceptors (Lipinski definition) is 4. The molecule has 2 aromatic rings. The second kappa shape index (κ2) is 6.32. The molecule has 5 heteroatoms. The second-order valence-corrected chi connectivity index (χ2v) is 11.9. The Hall–Kier alpha value is -2.27. The largest absolute Gasteiger partial charge is 0.464 e. The van der Waals surface area contributed by atoms with E-state index in [0.29, 0.717) is 24.5 Å². The first-order valence-corrected chi connectivity index (χ1v) is 11.6. The summed E-state index contributed by atoms with van der Waals surface area (Å²) in [6, 6.07) is 9.98. The van der Waals surface area contributed by atoms with Gasteiger partial charge in [-0.25, -0.2) is 4.79 Å². The van der Waals surface area contributed by atoms with Crippen molar-refractivity contribution in [3.8, 4) is 5.95 Å². The van der Waals surface area contributed by atoms with Crippen molar-refractivity contribution in [1.82, 2.24) is 0 Å². The lowest BCUT2D eigenvalue weighted by atomic mass is 10.1. The number of carbonyl (C=O) groups excluding carboxylic acids is 1. The van der Waals surface area contributed by atoms with Crippen molar-refractivity contribution in [2.45, 2.75) is 32.7 Å². The van der Waals surface area contributed by atoms with E-state index in [1.165, 1.54) is 0 Å². The number of benzene rings is 1. The summed E-state index contributed by atoms with van der Waals surface area (Å²) in [6.45, 7) is 11.3. The standard InChI is InChI=1S/C19H22O4Si/c1-13(14-8-6-5-7-9-14)10-11-21-18-16-15(12-22-17(16)20)19(23-18)24(2,3)4/h5-9H,1,10-12H2,2-4H3. The minimum Gasteiger partial charge on any atom is -0.464 e. The van der Waals surface area contributed by atoms with Gasteiger partial charge in [0, 0.05) is 12.0 Å². The molecular formula is C19H22O4Si. The molecule has 0 fully saturated rings. The van der Waals surface area contributed by atoms with E-state index in [1.807, 2.05) is 30.3 Å². The van der Waals surface area contributed by atoms with Crippen LogP contribution >= 0.6 is 0 Å². The predicted molar refractivity (Wildman–Crippen MR) is 96.4 cm³/mol. The smallest absolute Gasteiger partial charge is 0.346 e. The van der Waals surface area contributed by atoms with Gasteiger partial charge in [0.1, 0.15) is 20.2 Å². The fourth-order valence-corrected chi connectivity index (χ4v) is 4.29. The van der Waals surface area contributed by atoms with Crippen LogP contribution in [-0.2, 0) is 11.3 Å². The van der Waals surface area contributed by atoms with Gasteiger partial charge in [0.15, 0.2) is 0 Å². The summed E-state index contributed by atoms with van der Waals surface area (Å²) < 4.78 is 16.9. The molecule has 24 heavy (non-hydrogen) atoms. The van der Waals surface area contributed by atoms with E-state index in [9.17, 15) is 4.79 Å². The maximum Gasteiger partial charge on any atom is 0.346 e. The molecule has 2 heterocycles. The topological polar surface area (TPSA) is 48.7 Å². The molecule has 0 saturated heterocycles. The molecule has 0 atom stereocenters. The summed E-state index contributed by atoms with van der Waals surface area (Å²) in [5, 5.41) is 0.889. The van der Waals surface area contributed by atoms with Crippen LogP contribution in [0.3, 0.4) is 0 Å². The first-order chi connectivity index (χ1) is 11.4. The summed E-state index contributed by atoms with van der Waals surface area (Å²) in [5.74, 6) is -0.0547. The van der Waals surface area contributed by atoms with Crippen LogP contribution < -0.4 is 10.1 Å². The minimum absolute atomic E-state index is 0.289. The average molecular weight is 342 g/mol. The SMILES string of the molecule is C=C(CCOc1oc([Si](C)(C)C)c2c1C(=O)OC2)c1ccccc1. The van der Waals surface area contributed by atoms with Gasteiger partial charge < -0.3 is 13.9 Å². The fourth-order valence-electron chi connectivity index (χ4n) is 2.79. The van der Waals surface area contributed by atoms with E-state index in [1.54, 1.807) is 0 Å². The predicted octanol–water partition coefficient (Wildman–Crippen LogP) is 3.98. The molecule has 1 aromatic heterocycles. The van der Waals surface area contributed by atoms with Crippen LogP contribution in [-0.4, -0.2) is 20.7 Å². The molecule has 0 radical (unpaired) electrons. The number of rotatable bonds is 6. The number of esters is 1. The maximum absolute atomic E-state index is 12.0. The first-order valence-electron chi connectivity index (χ1n) is 8.07. The second-order valence-electron chi connectivity index (χ2n) is 6.97. The quantitative estimate of drug-likeness (QED) is 0.588. The van der Waals surface area contributed by atoms with Crippen molar-refractivity contribution in [1.29, 1.82) is 0 Å². The minimum atomic E-state index is -1.71. The maximum atomic E-state index is 12.0. The Morgan fingerprint density at radius 1 is 1.25 bits per heavy atom. The molecule has 0 saturated carbocycles. The Morgan fingerprint density at radius 2 is 1.96 bits per heavy atom. The summed E-state index contributed by atoms with van der Waals surface area (Å²) in [6.07, 6.45) is 0.664. The molecule has 0 N–H and O–H groups in total. The molecule has 1 aliphatic heterocycles. The molecule has 0 amide bonds. The highest BCUT2D eigenvalue weighted by atomic mass is 28.3. The van der Waals surface area contributed by atoms with Gasteiger partial charge in [0.2, 0.25) is 0 Å². The molecule has 126 valence electrons. The Balaban J connectivity index is 1.72. The summed E-state index contributed by atoms with van der Waals surface area (Å²) in [4.78, 5) is 12.0. The monoisotopic (exact) mass is 342 g/mol. The molecule has 1 aromatic carbocycles. The number of carbonyl (C=O) groups is 1. The zero-order chi connectivity index (χ0) is 17.3. The molecule has 0 aliphatic carbocycles. The lowest BCUT2D eigenvalue weighted by Crippen LogP contribution is -2.38. The van der Waals surface area contributed by atoms with E-state index in [4.69, 9.17) is 13.9 Å². The lowest BCUT2D eigenvalue weighted by molar-refractivity contribution is 0.0524. The van der Waals surface area contributed by atoms with Gasteiger partial charge in [0.05, 0.1) is 12.0 Å². The summed E-state index contributed by atoms with van der Waals surface area (Å²) >= 11 is 0. The van der Waals surface area contributed by atoms with E-state index in [-0.39, 0.29) is 12.6 Å². The third-order valence-corrected chi connectivity index (χ3v) is 5.79. The molecule has 0 unspecified atom stereocenters. The molecule has 1 aliphatic rings. The van der Waals surface area contributed by atoms with Crippen molar-refractivity contribution >= 4 is 25.0 Å². The number of furan rings is 1. The molecular weight excluding hydrogens is 320 g/mol. The first kappa shape index (κ1) is 16.6. The van der Waals surface area contributed by atoms with Crippen LogP contribution in [0.5, 0.6) is 5.95 Å². The summed E-state index contributed by atoms with van der Waals surface area (Å²) in [7, 11) is -1.71. The zero-order valence-corrected chi connectivity index (χ0v) is 15.3. The van der Waals surface area contributed by atoms with Gasteiger partial charge in [0.25, 0.3) is 5.95 Å². The van der Waals surface area contributed by atoms with E-state index < -0.39 is 8.07 Å². The van der Waals surface area contributed by atoms with E-state index >= 15 is 0 Å². The van der Waals surface area contributed by atoms with Crippen LogP contribution in [0, 0.1) is 0 Å². The van der Waals surface area contributed by atoms with Crippen molar-refractivity contribution < 1.29 is 18.7 Å². The Bertz CT molecular complexity index is 769. The normalized spacial score (nSPS) is 13.5. The highest BCUT2D eigenvalue weighted by Gasteiger charge is 2.38. The molecule has 3 rings (SSSR count). The van der Waals surface area contributed by atoms with Crippen LogP contribution in [0.25, 0.3) is 5.57 Å². The van der Waals surface area contributed by atoms with Crippen molar-refractivity contribution in [2.24, 2.45) is 0 Å². The number of fused-ring (bicyclic) bond motifs is 1. The number of ether oxygens (including phenoxy) is 2. The number of hydrogen-bond donors (Lipinski definition) is 0. The lowest BCUT2D eigenvalue weighted by Gasteiger charge is -2.13. The van der Waals surface area contributed by atoms with E-state index in [2.05, 4.69) is 26.2 Å². The zero-order valence-electron chi connectivity index (χ0n) is 14.3. The van der Waals surface area contributed by atoms with Gasteiger partial charge in [-0.3, -0.25) is 0 Å². The Kier molecular flexibility index (Phi) is 4.37. The van der Waals surface area contributed by atoms with Crippen LogP contribution in [0.1, 0.15) is 27.9 Å². The number of cyclic esters (lactones) is 1. The van der Waals surface area contributed by atoms with Gasteiger partial charge in [-0.05, 0) is 11.1 Å². The van der Waals surface area contributed by atoms with Crippen LogP contribution in [0.15, 0.2) is 41.3 Å². The Morgan fingerprint density at radius 3 is 2.62 bits per heavy atom. The molecule has 4 nitrogen and oxygen atoms in total. The van der Waals surface area contributed by atoms with Gasteiger partial charge in [-0.2, -0.15) is 0 Å². The van der Waals surface area contributed by atoms with Crippen molar-refractivity contribution in [3.05, 3.63) is 53.6 Å². The fraction of sp³-hybridized carbons (Fsp3) is 0.316. The molecule has 0 bridgehead atoms. The van der Waals surface area contributed by atoms with Gasteiger partial charge >= 0.3 is 5.97 Å². The van der Waals surface area contributed by atoms with Crippen molar-refractivity contribution in [2.75, 3.05) is 6.61 Å². The van der Waals surface area contributed by atoms with E-state index in [0.717, 1.165) is 22.1 Å². The van der Waals surface area contributed by atoms with Crippen molar-refractivity contribution in [3.63, 3.8) is 0 Å². The highest BCUT2D eigenvalue weighted by molar-refractivity contribution is 6.88. The van der Waals surface area contributed by atoms with Gasteiger partial charge in [-0.15, -0.1) is 0 Å². The van der Waals surface area contributed by atoms with Gasteiger partial charge in [-0.1, -0.05) is 56.6 Å². The third kappa shape index (κ3) is 3.17. The van der Waals surface area contributed by atoms with Crippen LogP contribution in [0.2, 0.25) is 19.6 Å². The molecule has 0 spiro atoms.